The van der Waals surface area contributed by atoms with E-state index in [1.165, 1.54) is 28.9 Å². The van der Waals surface area contributed by atoms with Crippen molar-refractivity contribution in [3.63, 3.8) is 0 Å². The van der Waals surface area contributed by atoms with Gasteiger partial charge < -0.3 is 10.6 Å². The maximum atomic E-state index is 13.0. The zero-order valence-corrected chi connectivity index (χ0v) is 17.8. The fourth-order valence-corrected chi connectivity index (χ4v) is 5.21. The average molecular weight is 434 g/mol. The van der Waals surface area contributed by atoms with Gasteiger partial charge in [0, 0.05) is 42.7 Å². The highest BCUT2D eigenvalue weighted by molar-refractivity contribution is 7.91. The second-order valence-corrected chi connectivity index (χ2v) is 10.8. The van der Waals surface area contributed by atoms with E-state index < -0.39 is 19.8 Å². The van der Waals surface area contributed by atoms with Crippen molar-refractivity contribution in [2.45, 2.75) is 22.8 Å². The van der Waals surface area contributed by atoms with Crippen LogP contribution < -0.4 is 10.6 Å². The van der Waals surface area contributed by atoms with Crippen molar-refractivity contribution in [1.29, 1.82) is 4.78 Å². The van der Waals surface area contributed by atoms with Gasteiger partial charge in [-0.05, 0) is 43.3 Å². The Morgan fingerprint density at radius 1 is 1.10 bits per heavy atom. The summed E-state index contributed by atoms with van der Waals surface area (Å²) in [5.41, 5.74) is 6.40. The van der Waals surface area contributed by atoms with Gasteiger partial charge in [0.15, 0.2) is 0 Å². The van der Waals surface area contributed by atoms with E-state index in [-0.39, 0.29) is 23.3 Å². The molecule has 1 aliphatic rings. The third kappa shape index (κ3) is 4.53. The van der Waals surface area contributed by atoms with Gasteiger partial charge in [-0.3, -0.25) is 0 Å². The predicted octanol–water partition coefficient (Wildman–Crippen LogP) is 1.60. The molecule has 0 spiro atoms. The van der Waals surface area contributed by atoms with Crippen LogP contribution in [0.2, 0.25) is 0 Å². The van der Waals surface area contributed by atoms with Gasteiger partial charge in [0.2, 0.25) is 10.0 Å². The molecule has 154 valence electrons. The van der Waals surface area contributed by atoms with Crippen LogP contribution in [-0.4, -0.2) is 53.8 Å². The van der Waals surface area contributed by atoms with Gasteiger partial charge >= 0.3 is 0 Å². The van der Waals surface area contributed by atoms with E-state index in [4.69, 9.17) is 10.5 Å². The molecule has 29 heavy (non-hydrogen) atoms. The molecule has 1 aromatic heterocycles. The molecular weight excluding hydrogens is 410 g/mol. The number of sulfonamides is 1. The number of nitrogens with zero attached hydrogens (tertiary/aromatic N) is 3. The number of nitrogen functional groups attached to an aromatic ring is 1. The molecule has 0 unspecified atom stereocenters. The Labute approximate surface area is 171 Å². The number of pyridine rings is 1. The van der Waals surface area contributed by atoms with Crippen LogP contribution in [0.25, 0.3) is 0 Å². The van der Waals surface area contributed by atoms with Crippen molar-refractivity contribution < 1.29 is 12.6 Å². The quantitative estimate of drug-likeness (QED) is 0.707. The van der Waals surface area contributed by atoms with Gasteiger partial charge in [0.05, 0.1) is 9.73 Å². The van der Waals surface area contributed by atoms with E-state index in [0.29, 0.717) is 18.0 Å². The van der Waals surface area contributed by atoms with Crippen LogP contribution in [0.5, 0.6) is 0 Å². The minimum Gasteiger partial charge on any atom is -0.384 e. The summed E-state index contributed by atoms with van der Waals surface area (Å²) in [4.78, 5) is 6.46. The Bertz CT molecular complexity index is 1150. The summed E-state index contributed by atoms with van der Waals surface area (Å²) in [5, 5.41) is 0. The lowest BCUT2D eigenvalue weighted by molar-refractivity contribution is 0.360. The van der Waals surface area contributed by atoms with Crippen LogP contribution in [0.4, 0.5) is 11.5 Å². The van der Waals surface area contributed by atoms with Crippen molar-refractivity contribution in [1.82, 2.24) is 9.29 Å². The zero-order valence-electron chi connectivity index (χ0n) is 16.2. The highest BCUT2D eigenvalue weighted by Gasteiger charge is 2.34. The Hall–Kier alpha value is -2.61. The first-order chi connectivity index (χ1) is 13.6. The molecule has 2 atom stereocenters. The molecule has 0 saturated carbocycles. The summed E-state index contributed by atoms with van der Waals surface area (Å²) >= 11 is 0. The number of benzene rings is 1. The number of nitrogens with two attached hydrogens (primary N) is 1. The van der Waals surface area contributed by atoms with E-state index in [2.05, 4.69) is 16.8 Å². The molecular formula is C19H23N5O3S2. The van der Waals surface area contributed by atoms with Gasteiger partial charge in [-0.2, -0.15) is 4.31 Å². The predicted molar refractivity (Wildman–Crippen MR) is 113 cm³/mol. The van der Waals surface area contributed by atoms with Gasteiger partial charge in [-0.15, -0.1) is 5.92 Å². The summed E-state index contributed by atoms with van der Waals surface area (Å²) in [5.74, 6) is 6.22. The molecule has 0 amide bonds. The molecule has 2 heterocycles. The number of nitrogens with one attached hydrogen (secondary N) is 1. The number of piperazine rings is 1. The lowest BCUT2D eigenvalue weighted by Gasteiger charge is -2.39. The molecule has 0 aliphatic carbocycles. The Morgan fingerprint density at radius 2 is 1.76 bits per heavy atom. The maximum absolute atomic E-state index is 13.0. The van der Waals surface area contributed by atoms with Gasteiger partial charge in [0.25, 0.3) is 0 Å². The first-order valence-corrected chi connectivity index (χ1v) is 12.3. The molecule has 8 nitrogen and oxygen atoms in total. The highest BCUT2D eigenvalue weighted by atomic mass is 32.2. The molecule has 1 aliphatic heterocycles. The molecule has 0 radical (unpaired) electrons. The molecule has 2 aromatic rings. The van der Waals surface area contributed by atoms with Crippen LogP contribution in [0.15, 0.2) is 52.4 Å². The Balaban J connectivity index is 1.86. The highest BCUT2D eigenvalue weighted by Crippen LogP contribution is 2.25. The topological polar surface area (TPSA) is 120 Å². The largest absolute Gasteiger partial charge is 0.384 e. The lowest BCUT2D eigenvalue weighted by atomic mass is 10.1. The van der Waals surface area contributed by atoms with Crippen molar-refractivity contribution in [3.05, 3.63) is 42.6 Å². The fraction of sp³-hybridized carbons (Fsp3) is 0.316. The number of aromatic nitrogens is 1. The van der Waals surface area contributed by atoms with E-state index >= 15 is 0 Å². The number of hydrogen-bond acceptors (Lipinski definition) is 7. The zero-order chi connectivity index (χ0) is 21.2. The summed E-state index contributed by atoms with van der Waals surface area (Å²) < 4.78 is 46.9. The molecule has 1 saturated heterocycles. The van der Waals surface area contributed by atoms with Gasteiger partial charge in [0.1, 0.15) is 16.8 Å². The molecule has 3 N–H and O–H groups in total. The Morgan fingerprint density at radius 3 is 2.31 bits per heavy atom. The lowest BCUT2D eigenvalue weighted by Crippen LogP contribution is -2.54. The third-order valence-electron chi connectivity index (χ3n) is 4.67. The SMILES string of the molecule is CC#C[C@H]1CN(S(=O)(=O)c2ccc(N)nc2)CCN1c1ccc([S@@](C)(=N)=O)cc1. The van der Waals surface area contributed by atoms with Crippen LogP contribution >= 0.6 is 0 Å². The van der Waals surface area contributed by atoms with Crippen molar-refractivity contribution in [3.8, 4) is 11.8 Å². The van der Waals surface area contributed by atoms with E-state index in [0.717, 1.165) is 5.69 Å². The fourth-order valence-electron chi connectivity index (χ4n) is 3.17. The summed E-state index contributed by atoms with van der Waals surface area (Å²) in [6, 6.07) is 9.52. The van der Waals surface area contributed by atoms with Crippen molar-refractivity contribution >= 4 is 31.3 Å². The van der Waals surface area contributed by atoms with Crippen molar-refractivity contribution in [2.75, 3.05) is 36.5 Å². The summed E-state index contributed by atoms with van der Waals surface area (Å²) in [6.45, 7) is 2.66. The number of hydrogen-bond donors (Lipinski definition) is 2. The van der Waals surface area contributed by atoms with Crippen LogP contribution in [0.3, 0.4) is 0 Å². The standard InChI is InChI=1S/C19H23N5O3S2/c1-3-4-16-14-23(29(26,27)18-9-10-19(20)22-13-18)11-12-24(16)15-5-7-17(8-6-15)28(2,21)25/h5-10,13,16,21H,11-12,14H2,1-2H3,(H2,20,22)/t16-,28-/m0/s1. The van der Waals surface area contributed by atoms with Gasteiger partial charge in [-0.25, -0.2) is 22.4 Å². The van der Waals surface area contributed by atoms with E-state index in [1.807, 2.05) is 4.90 Å². The second-order valence-electron chi connectivity index (χ2n) is 6.72. The molecule has 3 rings (SSSR count). The van der Waals surface area contributed by atoms with E-state index in [1.54, 1.807) is 31.2 Å². The first kappa shape index (κ1) is 21.1. The minimum atomic E-state index is -3.70. The summed E-state index contributed by atoms with van der Waals surface area (Å²) in [7, 11) is -6.49. The third-order valence-corrected chi connectivity index (χ3v) is 7.69. The minimum absolute atomic E-state index is 0.0980. The van der Waals surface area contributed by atoms with Crippen molar-refractivity contribution in [2.24, 2.45) is 0 Å². The molecule has 1 aromatic carbocycles. The maximum Gasteiger partial charge on any atom is 0.244 e. The monoisotopic (exact) mass is 433 g/mol. The van der Waals surface area contributed by atoms with Gasteiger partial charge in [-0.1, -0.05) is 5.92 Å². The van der Waals surface area contributed by atoms with Crippen LogP contribution in [0.1, 0.15) is 6.92 Å². The summed E-state index contributed by atoms with van der Waals surface area (Å²) in [6.07, 6.45) is 2.64. The molecule has 10 heteroatoms. The number of rotatable bonds is 4. The average Bonchev–Trinajstić information content (AvgIpc) is 2.68. The number of anilines is 2. The smallest absolute Gasteiger partial charge is 0.244 e. The van der Waals surface area contributed by atoms with E-state index in [9.17, 15) is 12.6 Å². The second kappa shape index (κ2) is 8.02. The van der Waals surface area contributed by atoms with Crippen LogP contribution in [-0.2, 0) is 19.8 Å². The first-order valence-electron chi connectivity index (χ1n) is 8.87. The normalized spacial score (nSPS) is 19.8. The molecule has 1 fully saturated rings. The Kier molecular flexibility index (Phi) is 5.84. The molecule has 0 bridgehead atoms. The van der Waals surface area contributed by atoms with Crippen LogP contribution in [0, 0.1) is 16.6 Å².